The van der Waals surface area contributed by atoms with Crippen LogP contribution in [0.5, 0.6) is 5.75 Å². The first kappa shape index (κ1) is 25.1. The fourth-order valence-electron chi connectivity index (χ4n) is 4.13. The summed E-state index contributed by atoms with van der Waals surface area (Å²) in [5.74, 6) is 1.18. The fourth-order valence-corrected chi connectivity index (χ4v) is 5.01. The van der Waals surface area contributed by atoms with Gasteiger partial charge in [0.2, 0.25) is 11.8 Å². The van der Waals surface area contributed by atoms with Gasteiger partial charge in [0.15, 0.2) is 0 Å². The highest BCUT2D eigenvalue weighted by atomic mass is 32.2. The van der Waals surface area contributed by atoms with Crippen LogP contribution < -0.4 is 10.1 Å². The topological polar surface area (TPSA) is 58.6 Å². The summed E-state index contributed by atoms with van der Waals surface area (Å²) in [5.41, 5.74) is 1.90. The normalized spacial score (nSPS) is 14.6. The molecule has 0 aliphatic heterocycles. The average molecular weight is 473 g/mol. The van der Waals surface area contributed by atoms with E-state index in [9.17, 15) is 14.0 Å². The smallest absolute Gasteiger partial charge is 0.243 e. The summed E-state index contributed by atoms with van der Waals surface area (Å²) < 4.78 is 18.4. The molecule has 0 saturated heterocycles. The third kappa shape index (κ3) is 7.49. The van der Waals surface area contributed by atoms with Crippen LogP contribution in [0.1, 0.15) is 50.2 Å². The van der Waals surface area contributed by atoms with Crippen LogP contribution in [-0.4, -0.2) is 41.7 Å². The molecule has 2 amide bonds. The molecule has 1 fully saturated rings. The molecule has 1 aliphatic carbocycles. The minimum Gasteiger partial charge on any atom is -0.497 e. The third-order valence-corrected chi connectivity index (χ3v) is 7.00. The van der Waals surface area contributed by atoms with Crippen LogP contribution in [0, 0.1) is 5.82 Å². The minimum atomic E-state index is -0.522. The number of halogens is 1. The number of methoxy groups -OCH3 is 1. The second-order valence-electron chi connectivity index (χ2n) is 8.40. The van der Waals surface area contributed by atoms with Gasteiger partial charge in [0.05, 0.1) is 12.9 Å². The first-order chi connectivity index (χ1) is 16.0. The van der Waals surface area contributed by atoms with Gasteiger partial charge in [0.1, 0.15) is 17.6 Å². The van der Waals surface area contributed by atoms with Crippen LogP contribution in [0.4, 0.5) is 4.39 Å². The first-order valence-electron chi connectivity index (χ1n) is 11.5. The molecule has 0 radical (unpaired) electrons. The molecule has 1 N–H and O–H groups in total. The lowest BCUT2D eigenvalue weighted by Crippen LogP contribution is -2.51. The highest BCUT2D eigenvalue weighted by Gasteiger charge is 2.30. The Kier molecular flexibility index (Phi) is 9.61. The number of nitrogens with zero attached hydrogens (tertiary/aromatic N) is 1. The maximum Gasteiger partial charge on any atom is 0.243 e. The summed E-state index contributed by atoms with van der Waals surface area (Å²) in [6.45, 7) is 2.30. The van der Waals surface area contributed by atoms with E-state index in [4.69, 9.17) is 4.74 Å². The predicted octanol–water partition coefficient (Wildman–Crippen LogP) is 4.93. The van der Waals surface area contributed by atoms with Crippen molar-refractivity contribution in [1.29, 1.82) is 0 Å². The molecule has 5 nitrogen and oxygen atoms in total. The molecule has 1 saturated carbocycles. The van der Waals surface area contributed by atoms with E-state index in [2.05, 4.69) is 5.32 Å². The molecule has 0 bridgehead atoms. The Morgan fingerprint density at radius 2 is 1.73 bits per heavy atom. The summed E-state index contributed by atoms with van der Waals surface area (Å²) in [7, 11) is 1.61. The van der Waals surface area contributed by atoms with Crippen molar-refractivity contribution in [1.82, 2.24) is 10.2 Å². The van der Waals surface area contributed by atoms with Gasteiger partial charge in [0, 0.05) is 18.3 Å². The van der Waals surface area contributed by atoms with Gasteiger partial charge >= 0.3 is 0 Å². The van der Waals surface area contributed by atoms with Crippen molar-refractivity contribution < 1.29 is 18.7 Å². The molecular weight excluding hydrogens is 439 g/mol. The van der Waals surface area contributed by atoms with Gasteiger partial charge in [-0.1, -0.05) is 44.0 Å². The van der Waals surface area contributed by atoms with Gasteiger partial charge in [-0.05, 0) is 54.7 Å². The zero-order chi connectivity index (χ0) is 23.6. The van der Waals surface area contributed by atoms with Crippen molar-refractivity contribution in [2.45, 2.75) is 63.4 Å². The molecule has 33 heavy (non-hydrogen) atoms. The van der Waals surface area contributed by atoms with E-state index in [0.29, 0.717) is 18.7 Å². The highest BCUT2D eigenvalue weighted by molar-refractivity contribution is 7.99. The van der Waals surface area contributed by atoms with E-state index in [-0.39, 0.29) is 29.4 Å². The van der Waals surface area contributed by atoms with E-state index in [0.717, 1.165) is 42.6 Å². The van der Waals surface area contributed by atoms with Gasteiger partial charge in [-0.25, -0.2) is 4.39 Å². The molecule has 0 spiro atoms. The van der Waals surface area contributed by atoms with E-state index in [1.54, 1.807) is 24.1 Å². The number of ether oxygens (including phenoxy) is 1. The second-order valence-corrected chi connectivity index (χ2v) is 9.39. The van der Waals surface area contributed by atoms with Gasteiger partial charge in [-0.2, -0.15) is 0 Å². The van der Waals surface area contributed by atoms with Crippen LogP contribution in [-0.2, 0) is 21.9 Å². The van der Waals surface area contributed by atoms with E-state index >= 15 is 0 Å². The molecule has 2 aromatic carbocycles. The first-order valence-corrected chi connectivity index (χ1v) is 12.7. The Balaban J connectivity index is 1.69. The molecule has 0 heterocycles. The van der Waals surface area contributed by atoms with E-state index in [1.807, 2.05) is 31.2 Å². The number of rotatable bonds is 11. The van der Waals surface area contributed by atoms with Crippen molar-refractivity contribution in [3.63, 3.8) is 0 Å². The Morgan fingerprint density at radius 3 is 2.33 bits per heavy atom. The number of benzene rings is 2. The number of amides is 2. The summed E-state index contributed by atoms with van der Waals surface area (Å²) in [5, 5.41) is 3.16. The lowest BCUT2D eigenvalue weighted by molar-refractivity contribution is -0.139. The Hall–Kier alpha value is -2.54. The summed E-state index contributed by atoms with van der Waals surface area (Å²) >= 11 is 1.47. The number of carbonyl (C=O) groups is 2. The minimum absolute atomic E-state index is 0.0743. The second kappa shape index (κ2) is 12.6. The number of nitrogens with one attached hydrogen (secondary N) is 1. The van der Waals surface area contributed by atoms with Crippen LogP contribution in [0.2, 0.25) is 0 Å². The van der Waals surface area contributed by atoms with Crippen molar-refractivity contribution in [3.8, 4) is 5.75 Å². The number of carbonyl (C=O) groups excluding carboxylic acids is 2. The monoisotopic (exact) mass is 472 g/mol. The Morgan fingerprint density at radius 1 is 1.09 bits per heavy atom. The lowest BCUT2D eigenvalue weighted by atomic mass is 10.1. The molecular formula is C26H33FN2O3S. The zero-order valence-corrected chi connectivity index (χ0v) is 20.2. The van der Waals surface area contributed by atoms with E-state index < -0.39 is 6.04 Å². The van der Waals surface area contributed by atoms with Crippen molar-refractivity contribution in [2.24, 2.45) is 0 Å². The van der Waals surface area contributed by atoms with Crippen LogP contribution >= 0.6 is 11.8 Å². The summed E-state index contributed by atoms with van der Waals surface area (Å²) in [6.07, 6.45) is 4.82. The number of thioether (sulfide) groups is 1. The average Bonchev–Trinajstić information content (AvgIpc) is 3.33. The molecule has 1 aliphatic rings. The quantitative estimate of drug-likeness (QED) is 0.504. The number of hydrogen-bond acceptors (Lipinski definition) is 4. The maximum atomic E-state index is 13.3. The van der Waals surface area contributed by atoms with Crippen LogP contribution in [0.3, 0.4) is 0 Å². The molecule has 0 unspecified atom stereocenters. The van der Waals surface area contributed by atoms with Gasteiger partial charge < -0.3 is 15.0 Å². The van der Waals surface area contributed by atoms with Crippen molar-refractivity contribution in [2.75, 3.05) is 12.9 Å². The predicted molar refractivity (Wildman–Crippen MR) is 131 cm³/mol. The van der Waals surface area contributed by atoms with Crippen molar-refractivity contribution in [3.05, 3.63) is 65.5 Å². The van der Waals surface area contributed by atoms with Crippen LogP contribution in [0.15, 0.2) is 48.5 Å². The summed E-state index contributed by atoms with van der Waals surface area (Å²) in [6, 6.07) is 13.6. The third-order valence-electron chi connectivity index (χ3n) is 6.01. The van der Waals surface area contributed by atoms with Gasteiger partial charge in [-0.15, -0.1) is 11.8 Å². The zero-order valence-electron chi connectivity index (χ0n) is 19.4. The largest absolute Gasteiger partial charge is 0.497 e. The molecule has 178 valence electrons. The Bertz CT molecular complexity index is 899. The van der Waals surface area contributed by atoms with Gasteiger partial charge in [0.25, 0.3) is 0 Å². The fraction of sp³-hybridized carbons (Fsp3) is 0.462. The highest BCUT2D eigenvalue weighted by Crippen LogP contribution is 2.21. The van der Waals surface area contributed by atoms with Gasteiger partial charge in [-0.3, -0.25) is 9.59 Å². The van der Waals surface area contributed by atoms with Crippen molar-refractivity contribution >= 4 is 23.6 Å². The number of hydrogen-bond donors (Lipinski definition) is 1. The SMILES string of the molecule is CC[C@@H](C(=O)NC1CCCC1)N(Cc1ccc(OC)cc1)C(=O)CSCc1ccc(F)cc1. The van der Waals surface area contributed by atoms with E-state index in [1.165, 1.54) is 23.9 Å². The standard InChI is InChI=1S/C26H33FN2O3S/c1-3-24(26(31)28-22-6-4-5-7-22)29(16-19-10-14-23(32-2)15-11-19)25(30)18-33-17-20-8-12-21(27)13-9-20/h8-15,22,24H,3-7,16-18H2,1-2H3,(H,28,31)/t24-/m0/s1. The lowest BCUT2D eigenvalue weighted by Gasteiger charge is -2.31. The van der Waals surface area contributed by atoms with Crippen LogP contribution in [0.25, 0.3) is 0 Å². The summed E-state index contributed by atoms with van der Waals surface area (Å²) in [4.78, 5) is 28.1. The molecule has 3 rings (SSSR count). The molecule has 1 atom stereocenters. The Labute approximate surface area is 200 Å². The molecule has 0 aromatic heterocycles. The molecule has 7 heteroatoms. The maximum absolute atomic E-state index is 13.3. The molecule has 2 aromatic rings.